The van der Waals surface area contributed by atoms with E-state index < -0.39 is 11.4 Å². The number of benzene rings is 3. The number of aromatic nitrogens is 1. The summed E-state index contributed by atoms with van der Waals surface area (Å²) in [5.74, 6) is -0.814. The van der Waals surface area contributed by atoms with Crippen molar-refractivity contribution in [2.75, 3.05) is 0 Å². The summed E-state index contributed by atoms with van der Waals surface area (Å²) in [6, 6.07) is 19.9. The summed E-state index contributed by atoms with van der Waals surface area (Å²) < 4.78 is 0. The summed E-state index contributed by atoms with van der Waals surface area (Å²) in [4.78, 5) is 16.0. The lowest BCUT2D eigenvalue weighted by Crippen LogP contribution is -2.26. The van der Waals surface area contributed by atoms with Gasteiger partial charge in [-0.25, -0.2) is 0 Å². The number of aliphatic carboxylic acids is 1. The molecule has 0 unspecified atom stereocenters. The predicted molar refractivity (Wildman–Crippen MR) is 115 cm³/mol. The lowest BCUT2D eigenvalue weighted by molar-refractivity contribution is -0.146. The van der Waals surface area contributed by atoms with E-state index in [1.165, 1.54) is 0 Å². The van der Waals surface area contributed by atoms with Crippen LogP contribution < -0.4 is 0 Å². The number of nitriles is 1. The molecule has 4 rings (SSSR count). The molecule has 3 aromatic carbocycles. The minimum Gasteiger partial charge on any atom is -0.481 e. The number of pyridine rings is 1. The molecule has 4 heteroatoms. The molecule has 4 aromatic rings. The molecule has 29 heavy (non-hydrogen) atoms. The van der Waals surface area contributed by atoms with Crippen molar-refractivity contribution in [1.82, 2.24) is 4.98 Å². The van der Waals surface area contributed by atoms with Gasteiger partial charge in [-0.2, -0.15) is 5.26 Å². The van der Waals surface area contributed by atoms with Crippen molar-refractivity contribution in [2.45, 2.75) is 20.3 Å². The number of carbonyl (C=O) groups is 1. The van der Waals surface area contributed by atoms with Gasteiger partial charge in [0.15, 0.2) is 0 Å². The van der Waals surface area contributed by atoms with Crippen molar-refractivity contribution in [3.8, 4) is 17.2 Å². The van der Waals surface area contributed by atoms with Crippen LogP contribution in [0, 0.1) is 16.7 Å². The second-order valence-corrected chi connectivity index (χ2v) is 7.93. The van der Waals surface area contributed by atoms with Crippen molar-refractivity contribution in [3.63, 3.8) is 0 Å². The number of rotatable bonds is 4. The smallest absolute Gasteiger partial charge is 0.309 e. The normalized spacial score (nSPS) is 11.5. The van der Waals surface area contributed by atoms with Gasteiger partial charge in [-0.15, -0.1) is 0 Å². The van der Waals surface area contributed by atoms with E-state index in [-0.39, 0.29) is 0 Å². The van der Waals surface area contributed by atoms with E-state index in [4.69, 9.17) is 0 Å². The van der Waals surface area contributed by atoms with Crippen LogP contribution in [0.1, 0.15) is 25.0 Å². The van der Waals surface area contributed by atoms with Crippen LogP contribution in [0.2, 0.25) is 0 Å². The van der Waals surface area contributed by atoms with Gasteiger partial charge >= 0.3 is 5.97 Å². The maximum absolute atomic E-state index is 11.5. The Labute approximate surface area is 169 Å². The lowest BCUT2D eigenvalue weighted by Gasteiger charge is -2.19. The Kier molecular flexibility index (Phi) is 4.52. The quantitative estimate of drug-likeness (QED) is 0.501. The predicted octanol–water partition coefficient (Wildman–Crippen LogP) is 5.58. The zero-order valence-corrected chi connectivity index (χ0v) is 16.3. The lowest BCUT2D eigenvalue weighted by atomic mass is 9.85. The molecule has 0 fully saturated rings. The largest absolute Gasteiger partial charge is 0.481 e. The van der Waals surface area contributed by atoms with Crippen LogP contribution in [-0.2, 0) is 11.2 Å². The Morgan fingerprint density at radius 1 is 1.00 bits per heavy atom. The van der Waals surface area contributed by atoms with Crippen molar-refractivity contribution in [3.05, 3.63) is 78.1 Å². The van der Waals surface area contributed by atoms with Crippen molar-refractivity contribution >= 4 is 27.5 Å². The number of hydrogen-bond acceptors (Lipinski definition) is 3. The number of fused-ring (bicyclic) bond motifs is 2. The fourth-order valence-corrected chi connectivity index (χ4v) is 3.75. The Hall–Kier alpha value is -3.71. The second-order valence-electron chi connectivity index (χ2n) is 7.93. The van der Waals surface area contributed by atoms with Gasteiger partial charge in [-0.3, -0.25) is 9.78 Å². The molecule has 1 heterocycles. The summed E-state index contributed by atoms with van der Waals surface area (Å²) in [6.45, 7) is 3.47. The topological polar surface area (TPSA) is 74.0 Å². The van der Waals surface area contributed by atoms with Crippen LogP contribution in [0.25, 0.3) is 32.7 Å². The highest BCUT2D eigenvalue weighted by Crippen LogP contribution is 2.35. The van der Waals surface area contributed by atoms with Crippen LogP contribution in [-0.4, -0.2) is 16.1 Å². The minimum absolute atomic E-state index is 0.439. The molecule has 0 aliphatic rings. The van der Waals surface area contributed by atoms with Gasteiger partial charge in [0.05, 0.1) is 17.0 Å². The van der Waals surface area contributed by atoms with E-state index in [0.29, 0.717) is 12.0 Å². The average Bonchev–Trinajstić information content (AvgIpc) is 2.72. The van der Waals surface area contributed by atoms with Crippen LogP contribution in [0.5, 0.6) is 0 Å². The highest BCUT2D eigenvalue weighted by Gasteiger charge is 2.27. The standard InChI is InChI=1S/C25H20N2O2/c1-25(2,24(28)29)12-16-7-8-18-14-27-15-23(22(18)11-16)21-10-9-17(13-26)19-5-3-4-6-20(19)21/h3-11,14-15H,12H2,1-2H3,(H,28,29). The summed E-state index contributed by atoms with van der Waals surface area (Å²) in [7, 11) is 0. The summed E-state index contributed by atoms with van der Waals surface area (Å²) in [6.07, 6.45) is 4.09. The number of hydrogen-bond donors (Lipinski definition) is 1. The van der Waals surface area contributed by atoms with E-state index in [0.717, 1.165) is 38.2 Å². The molecule has 1 aromatic heterocycles. The van der Waals surface area contributed by atoms with E-state index >= 15 is 0 Å². The Bertz CT molecular complexity index is 1300. The van der Waals surface area contributed by atoms with E-state index in [1.807, 2.05) is 60.9 Å². The Morgan fingerprint density at radius 3 is 2.48 bits per heavy atom. The van der Waals surface area contributed by atoms with Gasteiger partial charge in [0, 0.05) is 28.7 Å². The van der Waals surface area contributed by atoms with Gasteiger partial charge in [0.1, 0.15) is 0 Å². The van der Waals surface area contributed by atoms with Gasteiger partial charge in [-0.1, -0.05) is 48.5 Å². The first-order chi connectivity index (χ1) is 13.9. The fraction of sp³-hybridized carbons (Fsp3) is 0.160. The average molecular weight is 380 g/mol. The van der Waals surface area contributed by atoms with Crippen LogP contribution >= 0.6 is 0 Å². The molecule has 0 atom stereocenters. The maximum Gasteiger partial charge on any atom is 0.309 e. The molecule has 1 N–H and O–H groups in total. The zero-order valence-electron chi connectivity index (χ0n) is 16.3. The number of carboxylic acids is 1. The van der Waals surface area contributed by atoms with E-state index in [1.54, 1.807) is 13.8 Å². The first-order valence-electron chi connectivity index (χ1n) is 9.43. The minimum atomic E-state index is -0.845. The van der Waals surface area contributed by atoms with Crippen LogP contribution in [0.4, 0.5) is 0 Å². The third-order valence-corrected chi connectivity index (χ3v) is 5.38. The Morgan fingerprint density at radius 2 is 1.76 bits per heavy atom. The molecule has 4 nitrogen and oxygen atoms in total. The summed E-state index contributed by atoms with van der Waals surface area (Å²) in [5, 5.41) is 22.9. The maximum atomic E-state index is 11.5. The molecular formula is C25H20N2O2. The fourth-order valence-electron chi connectivity index (χ4n) is 3.75. The molecule has 0 spiro atoms. The highest BCUT2D eigenvalue weighted by molar-refractivity contribution is 6.06. The first kappa shape index (κ1) is 18.6. The zero-order chi connectivity index (χ0) is 20.6. The van der Waals surface area contributed by atoms with Crippen molar-refractivity contribution < 1.29 is 9.90 Å². The van der Waals surface area contributed by atoms with Crippen LogP contribution in [0.3, 0.4) is 0 Å². The first-order valence-corrected chi connectivity index (χ1v) is 9.43. The van der Waals surface area contributed by atoms with Gasteiger partial charge < -0.3 is 5.11 Å². The molecule has 0 radical (unpaired) electrons. The van der Waals surface area contributed by atoms with Gasteiger partial charge in [0.25, 0.3) is 0 Å². The van der Waals surface area contributed by atoms with Crippen molar-refractivity contribution in [1.29, 1.82) is 5.26 Å². The van der Waals surface area contributed by atoms with E-state index in [2.05, 4.69) is 17.1 Å². The number of carboxylic acid groups (broad SMARTS) is 1. The highest BCUT2D eigenvalue weighted by atomic mass is 16.4. The second kappa shape index (κ2) is 7.03. The molecule has 0 bridgehead atoms. The molecule has 0 saturated carbocycles. The van der Waals surface area contributed by atoms with Crippen LogP contribution in [0.15, 0.2) is 67.0 Å². The Balaban J connectivity index is 1.94. The van der Waals surface area contributed by atoms with E-state index in [9.17, 15) is 15.2 Å². The van der Waals surface area contributed by atoms with Gasteiger partial charge in [0.2, 0.25) is 0 Å². The molecule has 0 aliphatic carbocycles. The van der Waals surface area contributed by atoms with Gasteiger partial charge in [-0.05, 0) is 48.2 Å². The van der Waals surface area contributed by atoms with Crippen molar-refractivity contribution in [2.24, 2.45) is 5.41 Å². The molecular weight excluding hydrogens is 360 g/mol. The number of nitrogens with zero attached hydrogens (tertiary/aromatic N) is 2. The monoisotopic (exact) mass is 380 g/mol. The molecule has 0 saturated heterocycles. The third kappa shape index (κ3) is 3.32. The summed E-state index contributed by atoms with van der Waals surface area (Å²) >= 11 is 0. The SMILES string of the molecule is CC(C)(Cc1ccc2cncc(-c3ccc(C#N)c4ccccc34)c2c1)C(=O)O. The molecule has 0 amide bonds. The molecule has 0 aliphatic heterocycles. The molecule has 142 valence electrons. The third-order valence-electron chi connectivity index (χ3n) is 5.38. The summed E-state index contributed by atoms with van der Waals surface area (Å²) in [5.41, 5.74) is 2.74.